The number of esters is 1. The number of nitrogens with zero attached hydrogens (tertiary/aromatic N) is 2. The number of carbonyl (C=O) groups is 4. The molecule has 268 valence electrons. The van der Waals surface area contributed by atoms with Crippen LogP contribution in [0.15, 0.2) is 29.4 Å². The molecule has 2 fully saturated rings. The predicted molar refractivity (Wildman–Crippen MR) is 185 cm³/mol. The smallest absolute Gasteiger partial charge is 0.336 e. The van der Waals surface area contributed by atoms with E-state index in [1.807, 2.05) is 53.7 Å². The SMILES string of the molecule is CC.CCCC(NC(=O)C1C[C@]2(CC(c3cccc(Cl)c3)=NO2)CN1C(=O)[C@@H](NC(=O)CC1CCCCC1)C(C)(C)C)C(O)C(=O)OC. The molecule has 3 unspecified atom stereocenters. The largest absolute Gasteiger partial charge is 0.467 e. The molecule has 2 heterocycles. The second kappa shape index (κ2) is 17.5. The summed E-state index contributed by atoms with van der Waals surface area (Å²) in [5, 5.41) is 21.3. The molecule has 0 radical (unpaired) electrons. The summed E-state index contributed by atoms with van der Waals surface area (Å²) in [5.74, 6) is -1.68. The number of hydrogen-bond acceptors (Lipinski definition) is 8. The quantitative estimate of drug-likeness (QED) is 0.272. The van der Waals surface area contributed by atoms with Crippen molar-refractivity contribution in [2.45, 2.75) is 136 Å². The van der Waals surface area contributed by atoms with Crippen LogP contribution in [0, 0.1) is 11.3 Å². The Morgan fingerprint density at radius 2 is 1.83 bits per heavy atom. The van der Waals surface area contributed by atoms with Gasteiger partial charge in [-0.1, -0.05) is 96.1 Å². The standard InChI is InChI=1S/C34H49ClN4O7.C2H6/c1-6-11-24(28(41)32(44)45-5)36-30(42)26-19-34(18-25(38-46-34)22-14-10-15-23(35)17-22)20-39(26)31(43)29(33(2,3)4)37-27(40)16-21-12-8-7-9-13-21;1-2/h10,14-15,17,21,24,26,28-29,41H,6-9,11-13,16,18-20H2,1-5H3,(H,36,42)(H,37,40);1-2H3/t24?,26?,28?,29-,34-;/m1./s1. The van der Waals surface area contributed by atoms with Crippen molar-refractivity contribution in [3.8, 4) is 0 Å². The molecule has 48 heavy (non-hydrogen) atoms. The number of oxime groups is 1. The van der Waals surface area contributed by atoms with Gasteiger partial charge in [0.2, 0.25) is 17.7 Å². The summed E-state index contributed by atoms with van der Waals surface area (Å²) >= 11 is 6.23. The van der Waals surface area contributed by atoms with Crippen LogP contribution in [0.2, 0.25) is 5.02 Å². The lowest BCUT2D eigenvalue weighted by Crippen LogP contribution is -2.59. The molecule has 3 N–H and O–H groups in total. The Balaban J connectivity index is 0.00000307. The maximum atomic E-state index is 14.5. The normalized spacial score (nSPS) is 22.8. The van der Waals surface area contributed by atoms with Gasteiger partial charge in [0, 0.05) is 29.8 Å². The number of ether oxygens (including phenoxy) is 1. The Bertz CT molecular complexity index is 1310. The summed E-state index contributed by atoms with van der Waals surface area (Å²) in [5.41, 5.74) is -0.234. The monoisotopic (exact) mass is 690 g/mol. The number of aliphatic hydroxyl groups excluding tert-OH is 1. The van der Waals surface area contributed by atoms with Crippen molar-refractivity contribution < 1.29 is 33.9 Å². The van der Waals surface area contributed by atoms with Crippen LogP contribution in [0.1, 0.15) is 111 Å². The van der Waals surface area contributed by atoms with E-state index < -0.39 is 53.0 Å². The summed E-state index contributed by atoms with van der Waals surface area (Å²) in [4.78, 5) is 61.4. The molecule has 0 aromatic heterocycles. The molecule has 1 saturated carbocycles. The fourth-order valence-electron chi connectivity index (χ4n) is 6.82. The maximum Gasteiger partial charge on any atom is 0.336 e. The number of amides is 3. The molecule has 5 atom stereocenters. The van der Waals surface area contributed by atoms with Gasteiger partial charge in [0.15, 0.2) is 11.7 Å². The third kappa shape index (κ3) is 9.94. The Morgan fingerprint density at radius 3 is 2.44 bits per heavy atom. The van der Waals surface area contributed by atoms with E-state index in [0.29, 0.717) is 42.3 Å². The van der Waals surface area contributed by atoms with Gasteiger partial charge >= 0.3 is 5.97 Å². The van der Waals surface area contributed by atoms with Crippen LogP contribution >= 0.6 is 11.6 Å². The molecular formula is C36H55ClN4O7. The second-order valence-electron chi connectivity index (χ2n) is 14.1. The molecule has 0 bridgehead atoms. The summed E-state index contributed by atoms with van der Waals surface area (Å²) in [7, 11) is 1.17. The van der Waals surface area contributed by atoms with Crippen molar-refractivity contribution in [3.63, 3.8) is 0 Å². The van der Waals surface area contributed by atoms with Gasteiger partial charge in [-0.05, 0) is 42.7 Å². The zero-order valence-electron chi connectivity index (χ0n) is 29.6. The molecule has 1 aliphatic carbocycles. The first kappa shape index (κ1) is 39.3. The van der Waals surface area contributed by atoms with Gasteiger partial charge in [-0.2, -0.15) is 0 Å². The first-order valence-electron chi connectivity index (χ1n) is 17.4. The minimum absolute atomic E-state index is 0.0561. The van der Waals surface area contributed by atoms with E-state index in [0.717, 1.165) is 31.2 Å². The van der Waals surface area contributed by atoms with Crippen molar-refractivity contribution in [1.82, 2.24) is 15.5 Å². The van der Waals surface area contributed by atoms with Gasteiger partial charge in [-0.15, -0.1) is 0 Å². The van der Waals surface area contributed by atoms with Crippen LogP contribution in [0.25, 0.3) is 0 Å². The third-order valence-corrected chi connectivity index (χ3v) is 9.59. The molecule has 1 spiro atoms. The van der Waals surface area contributed by atoms with E-state index >= 15 is 0 Å². The van der Waals surface area contributed by atoms with Crippen molar-refractivity contribution in [2.24, 2.45) is 16.5 Å². The number of benzene rings is 1. The zero-order chi connectivity index (χ0) is 35.6. The van der Waals surface area contributed by atoms with E-state index in [1.54, 1.807) is 12.1 Å². The van der Waals surface area contributed by atoms with Crippen LogP contribution in [0.3, 0.4) is 0 Å². The summed E-state index contributed by atoms with van der Waals surface area (Å²) in [6, 6.07) is 4.40. The Morgan fingerprint density at radius 1 is 1.15 bits per heavy atom. The van der Waals surface area contributed by atoms with E-state index in [9.17, 15) is 24.3 Å². The van der Waals surface area contributed by atoms with Gasteiger partial charge in [0.1, 0.15) is 12.1 Å². The third-order valence-electron chi connectivity index (χ3n) is 9.35. The number of methoxy groups -OCH3 is 1. The zero-order valence-corrected chi connectivity index (χ0v) is 30.4. The maximum absolute atomic E-state index is 14.5. The fraction of sp³-hybridized carbons (Fsp3) is 0.694. The molecule has 2 aliphatic heterocycles. The Kier molecular flexibility index (Phi) is 14.3. The summed E-state index contributed by atoms with van der Waals surface area (Å²) in [6.07, 6.45) is 5.53. The van der Waals surface area contributed by atoms with Crippen molar-refractivity contribution in [3.05, 3.63) is 34.9 Å². The summed E-state index contributed by atoms with van der Waals surface area (Å²) in [6.45, 7) is 11.6. The van der Waals surface area contributed by atoms with E-state index in [1.165, 1.54) is 18.4 Å². The lowest BCUT2D eigenvalue weighted by molar-refractivity contribution is -0.153. The number of nitrogens with one attached hydrogen (secondary N) is 2. The second-order valence-corrected chi connectivity index (χ2v) is 14.6. The average molecular weight is 691 g/mol. The highest BCUT2D eigenvalue weighted by Gasteiger charge is 2.55. The number of halogens is 1. The van der Waals surface area contributed by atoms with Gasteiger partial charge in [-0.25, -0.2) is 4.79 Å². The molecule has 1 aromatic rings. The van der Waals surface area contributed by atoms with Crippen LogP contribution in [-0.2, 0) is 28.8 Å². The Labute approximate surface area is 290 Å². The topological polar surface area (TPSA) is 147 Å². The minimum atomic E-state index is -1.57. The van der Waals surface area contributed by atoms with Gasteiger partial charge in [0.05, 0.1) is 25.4 Å². The molecule has 3 amide bonds. The van der Waals surface area contributed by atoms with Crippen LogP contribution in [-0.4, -0.2) is 82.9 Å². The lowest BCUT2D eigenvalue weighted by atomic mass is 9.84. The van der Waals surface area contributed by atoms with Gasteiger partial charge in [0.25, 0.3) is 0 Å². The van der Waals surface area contributed by atoms with Gasteiger partial charge in [-0.3, -0.25) is 14.4 Å². The highest BCUT2D eigenvalue weighted by atomic mass is 35.5. The molecular weight excluding hydrogens is 636 g/mol. The first-order chi connectivity index (χ1) is 22.8. The Hall–Kier alpha value is -3.18. The van der Waals surface area contributed by atoms with Crippen LogP contribution in [0.4, 0.5) is 0 Å². The minimum Gasteiger partial charge on any atom is -0.467 e. The molecule has 4 rings (SSSR count). The van der Waals surface area contributed by atoms with Crippen molar-refractivity contribution in [1.29, 1.82) is 0 Å². The molecule has 1 aromatic carbocycles. The van der Waals surface area contributed by atoms with Crippen molar-refractivity contribution in [2.75, 3.05) is 13.7 Å². The molecule has 12 heteroatoms. The van der Waals surface area contributed by atoms with Crippen LogP contribution in [0.5, 0.6) is 0 Å². The molecule has 11 nitrogen and oxygen atoms in total. The highest BCUT2D eigenvalue weighted by Crippen LogP contribution is 2.40. The van der Waals surface area contributed by atoms with Crippen LogP contribution < -0.4 is 10.6 Å². The summed E-state index contributed by atoms with van der Waals surface area (Å²) < 4.78 is 4.71. The number of aliphatic hydroxyl groups is 1. The number of rotatable bonds is 11. The average Bonchev–Trinajstić information content (AvgIpc) is 3.66. The fourth-order valence-corrected chi connectivity index (χ4v) is 7.01. The number of hydrogen-bond donors (Lipinski definition) is 3. The molecule has 3 aliphatic rings. The van der Waals surface area contributed by atoms with E-state index in [4.69, 9.17) is 21.2 Å². The predicted octanol–water partition coefficient (Wildman–Crippen LogP) is 5.15. The number of carbonyl (C=O) groups excluding carboxylic acids is 4. The van der Waals surface area contributed by atoms with Crippen molar-refractivity contribution >= 4 is 41.0 Å². The first-order valence-corrected chi connectivity index (χ1v) is 17.8. The van der Waals surface area contributed by atoms with E-state index in [2.05, 4.69) is 15.8 Å². The number of likely N-dealkylation sites (tertiary alicyclic amines) is 1. The lowest BCUT2D eigenvalue weighted by Gasteiger charge is -2.36. The molecule has 1 saturated heterocycles. The van der Waals surface area contributed by atoms with E-state index in [-0.39, 0.29) is 18.9 Å². The van der Waals surface area contributed by atoms with Gasteiger partial charge < -0.3 is 30.2 Å². The highest BCUT2D eigenvalue weighted by molar-refractivity contribution is 6.31.